The Morgan fingerprint density at radius 2 is 2.54 bits per heavy atom. The third-order valence-corrected chi connectivity index (χ3v) is 2.33. The molecule has 0 aliphatic heterocycles. The molecule has 5 heteroatoms. The monoisotopic (exact) mass is 266 g/mol. The zero-order valence-electron chi connectivity index (χ0n) is 7.41. The SMILES string of the molecule is COc1cnn(CCCC(Cl)Br)c1. The Morgan fingerprint density at radius 1 is 1.77 bits per heavy atom. The molecule has 1 aromatic heterocycles. The number of methoxy groups -OCH3 is 1. The van der Waals surface area contributed by atoms with Crippen molar-refractivity contribution in [3.63, 3.8) is 0 Å². The fraction of sp³-hybridized carbons (Fsp3) is 0.625. The summed E-state index contributed by atoms with van der Waals surface area (Å²) in [6.07, 6.45) is 5.51. The van der Waals surface area contributed by atoms with Gasteiger partial charge in [0, 0.05) is 6.54 Å². The number of hydrogen-bond donors (Lipinski definition) is 0. The Bertz CT molecular complexity index is 252. The molecule has 0 aromatic carbocycles. The Kier molecular flexibility index (Phi) is 4.59. The van der Waals surface area contributed by atoms with Gasteiger partial charge in [0.25, 0.3) is 0 Å². The third-order valence-electron chi connectivity index (χ3n) is 1.65. The van der Waals surface area contributed by atoms with Gasteiger partial charge in [-0.15, -0.1) is 11.6 Å². The van der Waals surface area contributed by atoms with Crippen molar-refractivity contribution < 1.29 is 4.74 Å². The van der Waals surface area contributed by atoms with Crippen LogP contribution in [0.15, 0.2) is 12.4 Å². The van der Waals surface area contributed by atoms with Crippen molar-refractivity contribution in [2.75, 3.05) is 7.11 Å². The number of halogens is 2. The zero-order chi connectivity index (χ0) is 9.68. The molecule has 0 radical (unpaired) electrons. The molecular weight excluding hydrogens is 255 g/mol. The minimum Gasteiger partial charge on any atom is -0.493 e. The van der Waals surface area contributed by atoms with E-state index in [1.807, 2.05) is 10.9 Å². The highest BCUT2D eigenvalue weighted by Crippen LogP contribution is 2.13. The minimum atomic E-state index is 0.0601. The molecule has 0 aliphatic carbocycles. The quantitative estimate of drug-likeness (QED) is 0.767. The second kappa shape index (κ2) is 5.50. The maximum absolute atomic E-state index is 5.74. The Balaban J connectivity index is 2.28. The van der Waals surface area contributed by atoms with E-state index in [9.17, 15) is 0 Å². The molecule has 1 heterocycles. The highest BCUT2D eigenvalue weighted by Gasteiger charge is 2.00. The molecule has 0 saturated carbocycles. The van der Waals surface area contributed by atoms with Gasteiger partial charge in [0.2, 0.25) is 0 Å². The Labute approximate surface area is 91.1 Å². The Hall–Kier alpha value is -0.220. The molecule has 0 amide bonds. The van der Waals surface area contributed by atoms with Crippen molar-refractivity contribution in [1.29, 1.82) is 0 Å². The first-order chi connectivity index (χ1) is 6.22. The first-order valence-corrected chi connectivity index (χ1v) is 5.42. The van der Waals surface area contributed by atoms with E-state index in [4.69, 9.17) is 16.3 Å². The summed E-state index contributed by atoms with van der Waals surface area (Å²) in [5.41, 5.74) is 0. The lowest BCUT2D eigenvalue weighted by Gasteiger charge is -2.01. The first kappa shape index (κ1) is 10.9. The van der Waals surface area contributed by atoms with Crippen LogP contribution in [0.3, 0.4) is 0 Å². The fourth-order valence-electron chi connectivity index (χ4n) is 0.980. The first-order valence-electron chi connectivity index (χ1n) is 4.07. The maximum atomic E-state index is 5.74. The molecule has 1 aromatic rings. The van der Waals surface area contributed by atoms with Gasteiger partial charge in [0.05, 0.1) is 23.8 Å². The highest BCUT2D eigenvalue weighted by atomic mass is 79.9. The molecule has 3 nitrogen and oxygen atoms in total. The van der Waals surface area contributed by atoms with Crippen LogP contribution in [-0.2, 0) is 6.54 Å². The zero-order valence-corrected chi connectivity index (χ0v) is 9.75. The maximum Gasteiger partial charge on any atom is 0.156 e. The molecule has 0 saturated heterocycles. The van der Waals surface area contributed by atoms with Gasteiger partial charge in [0.1, 0.15) is 0 Å². The van der Waals surface area contributed by atoms with E-state index in [0.29, 0.717) is 0 Å². The second-order valence-electron chi connectivity index (χ2n) is 2.68. The van der Waals surface area contributed by atoms with Crippen molar-refractivity contribution in [3.05, 3.63) is 12.4 Å². The van der Waals surface area contributed by atoms with Crippen molar-refractivity contribution in [3.8, 4) is 5.75 Å². The van der Waals surface area contributed by atoms with Crippen LogP contribution in [0.4, 0.5) is 0 Å². The van der Waals surface area contributed by atoms with Crippen LogP contribution in [0.2, 0.25) is 0 Å². The van der Waals surface area contributed by atoms with Crippen LogP contribution in [0.5, 0.6) is 5.75 Å². The lowest BCUT2D eigenvalue weighted by molar-refractivity contribution is 0.413. The largest absolute Gasteiger partial charge is 0.493 e. The van der Waals surface area contributed by atoms with Crippen LogP contribution in [0, 0.1) is 0 Å². The molecule has 1 rings (SSSR count). The van der Waals surface area contributed by atoms with Crippen LogP contribution in [0.25, 0.3) is 0 Å². The van der Waals surface area contributed by atoms with Gasteiger partial charge in [-0.25, -0.2) is 0 Å². The number of rotatable bonds is 5. The van der Waals surface area contributed by atoms with Gasteiger partial charge in [0.15, 0.2) is 5.75 Å². The van der Waals surface area contributed by atoms with Gasteiger partial charge in [-0.2, -0.15) is 5.10 Å². The van der Waals surface area contributed by atoms with Crippen LogP contribution < -0.4 is 4.74 Å². The summed E-state index contributed by atoms with van der Waals surface area (Å²) >= 11 is 9.02. The van der Waals surface area contributed by atoms with Gasteiger partial charge in [-0.3, -0.25) is 4.68 Å². The van der Waals surface area contributed by atoms with Gasteiger partial charge in [-0.1, -0.05) is 15.9 Å². The van der Waals surface area contributed by atoms with E-state index < -0.39 is 0 Å². The predicted octanol–water partition coefficient (Wildman–Crippen LogP) is 2.63. The van der Waals surface area contributed by atoms with Crippen LogP contribution >= 0.6 is 27.5 Å². The standard InChI is InChI=1S/C8H12BrClN2O/c1-13-7-5-11-12(6-7)4-2-3-8(9)10/h5-6,8H,2-4H2,1H3. The molecular formula is C8H12BrClN2O. The summed E-state index contributed by atoms with van der Waals surface area (Å²) in [7, 11) is 1.63. The van der Waals surface area contributed by atoms with Crippen molar-refractivity contribution in [2.24, 2.45) is 0 Å². The summed E-state index contributed by atoms with van der Waals surface area (Å²) in [5, 5.41) is 4.12. The Morgan fingerprint density at radius 3 is 3.08 bits per heavy atom. The van der Waals surface area contributed by atoms with Crippen molar-refractivity contribution in [1.82, 2.24) is 9.78 Å². The van der Waals surface area contributed by atoms with Crippen molar-refractivity contribution >= 4 is 27.5 Å². The lowest BCUT2D eigenvalue weighted by Crippen LogP contribution is -1.99. The van der Waals surface area contributed by atoms with Gasteiger partial charge < -0.3 is 4.74 Å². The lowest BCUT2D eigenvalue weighted by atomic mass is 10.3. The molecule has 0 spiro atoms. The number of nitrogens with zero attached hydrogens (tertiary/aromatic N) is 2. The highest BCUT2D eigenvalue weighted by molar-refractivity contribution is 9.10. The predicted molar refractivity (Wildman–Crippen MR) is 56.6 cm³/mol. The molecule has 0 bridgehead atoms. The van der Waals surface area contributed by atoms with E-state index in [2.05, 4.69) is 21.0 Å². The number of aryl methyl sites for hydroxylation is 1. The molecule has 0 N–H and O–H groups in total. The average molecular weight is 268 g/mol. The van der Waals surface area contributed by atoms with E-state index in [1.54, 1.807) is 13.3 Å². The minimum absolute atomic E-state index is 0.0601. The molecule has 0 fully saturated rings. The summed E-state index contributed by atoms with van der Waals surface area (Å²) in [5.74, 6) is 0.793. The van der Waals surface area contributed by atoms with E-state index >= 15 is 0 Å². The van der Waals surface area contributed by atoms with Gasteiger partial charge >= 0.3 is 0 Å². The van der Waals surface area contributed by atoms with E-state index in [1.165, 1.54) is 0 Å². The topological polar surface area (TPSA) is 27.1 Å². The van der Waals surface area contributed by atoms with Crippen LogP contribution in [-0.4, -0.2) is 21.2 Å². The van der Waals surface area contributed by atoms with Gasteiger partial charge in [-0.05, 0) is 12.8 Å². The number of ether oxygens (including phenoxy) is 1. The fourth-order valence-corrected chi connectivity index (χ4v) is 1.46. The van der Waals surface area contributed by atoms with E-state index in [0.717, 1.165) is 25.1 Å². The normalized spacial score (nSPS) is 12.8. The molecule has 1 atom stereocenters. The number of alkyl halides is 2. The number of aromatic nitrogens is 2. The summed E-state index contributed by atoms with van der Waals surface area (Å²) in [4.78, 5) is 0. The molecule has 1 unspecified atom stereocenters. The third kappa shape index (κ3) is 4.00. The molecule has 0 aliphatic rings. The average Bonchev–Trinajstić information content (AvgIpc) is 2.52. The molecule has 74 valence electrons. The van der Waals surface area contributed by atoms with E-state index in [-0.39, 0.29) is 4.29 Å². The smallest absolute Gasteiger partial charge is 0.156 e. The summed E-state index contributed by atoms with van der Waals surface area (Å²) in [6, 6.07) is 0. The summed E-state index contributed by atoms with van der Waals surface area (Å²) in [6.45, 7) is 0.873. The van der Waals surface area contributed by atoms with Crippen LogP contribution in [0.1, 0.15) is 12.8 Å². The second-order valence-corrected chi connectivity index (χ2v) is 4.84. The van der Waals surface area contributed by atoms with Crippen molar-refractivity contribution in [2.45, 2.75) is 23.7 Å². The molecule has 13 heavy (non-hydrogen) atoms. The number of hydrogen-bond acceptors (Lipinski definition) is 2. The summed E-state index contributed by atoms with van der Waals surface area (Å²) < 4.78 is 6.92.